The molecule has 0 saturated heterocycles. The number of ether oxygens (including phenoxy) is 1. The van der Waals surface area contributed by atoms with Crippen LogP contribution in [0.1, 0.15) is 5.56 Å². The largest absolute Gasteiger partial charge is 0.436 e. The predicted molar refractivity (Wildman–Crippen MR) is 67.6 cm³/mol. The summed E-state index contributed by atoms with van der Waals surface area (Å²) in [6.07, 6.45) is 1.56. The van der Waals surface area contributed by atoms with E-state index in [1.807, 2.05) is 6.07 Å². The third-order valence-electron chi connectivity index (χ3n) is 2.07. The molecule has 1 aromatic carbocycles. The van der Waals surface area contributed by atoms with Crippen molar-refractivity contribution in [2.45, 2.75) is 0 Å². The number of anilines is 1. The Morgan fingerprint density at radius 1 is 1.35 bits per heavy atom. The fourth-order valence-electron chi connectivity index (χ4n) is 1.27. The lowest BCUT2D eigenvalue weighted by Gasteiger charge is -2.08. The van der Waals surface area contributed by atoms with E-state index < -0.39 is 0 Å². The second-order valence-corrected chi connectivity index (χ2v) is 4.17. The van der Waals surface area contributed by atoms with Gasteiger partial charge in [0, 0.05) is 10.7 Å². The van der Waals surface area contributed by atoms with Crippen molar-refractivity contribution in [2.75, 3.05) is 5.73 Å². The third kappa shape index (κ3) is 2.55. The van der Waals surface area contributed by atoms with Gasteiger partial charge in [0.25, 0.3) is 0 Å². The maximum atomic E-state index is 8.90. The molecule has 0 radical (unpaired) electrons. The van der Waals surface area contributed by atoms with E-state index in [1.54, 1.807) is 36.5 Å². The molecule has 17 heavy (non-hydrogen) atoms. The predicted octanol–water partition coefficient (Wildman–Crippen LogP) is 3.09. The van der Waals surface area contributed by atoms with E-state index in [4.69, 9.17) is 15.7 Å². The number of aromatic nitrogens is 1. The molecule has 5 heteroatoms. The van der Waals surface area contributed by atoms with Crippen molar-refractivity contribution >= 4 is 21.6 Å². The summed E-state index contributed by atoms with van der Waals surface area (Å²) in [5.74, 6) is 0.729. The van der Waals surface area contributed by atoms with Gasteiger partial charge in [-0.2, -0.15) is 5.26 Å². The number of rotatable bonds is 2. The molecule has 2 rings (SSSR count). The average Bonchev–Trinajstić information content (AvgIpc) is 2.33. The molecule has 2 N–H and O–H groups in total. The molecule has 0 saturated carbocycles. The standard InChI is InChI=1S/C12H8BrN3O/c13-9-3-4-11(10(15)6-9)17-12-8(7-14)2-1-5-16-12/h1-6H,15H2. The highest BCUT2D eigenvalue weighted by molar-refractivity contribution is 9.10. The molecule has 84 valence electrons. The first-order valence-electron chi connectivity index (χ1n) is 4.78. The minimum atomic E-state index is 0.254. The van der Waals surface area contributed by atoms with Gasteiger partial charge in [-0.05, 0) is 30.3 Å². The molecule has 0 spiro atoms. The van der Waals surface area contributed by atoms with E-state index in [2.05, 4.69) is 20.9 Å². The maximum absolute atomic E-state index is 8.90. The van der Waals surface area contributed by atoms with Crippen LogP contribution in [0.5, 0.6) is 11.6 Å². The SMILES string of the molecule is N#Cc1cccnc1Oc1ccc(Br)cc1N. The zero-order valence-electron chi connectivity index (χ0n) is 8.72. The Bertz CT molecular complexity index is 593. The number of hydrogen-bond donors (Lipinski definition) is 1. The van der Waals surface area contributed by atoms with E-state index >= 15 is 0 Å². The van der Waals surface area contributed by atoms with Crippen LogP contribution >= 0.6 is 15.9 Å². The van der Waals surface area contributed by atoms with Gasteiger partial charge < -0.3 is 10.5 Å². The Balaban J connectivity index is 2.35. The number of hydrogen-bond acceptors (Lipinski definition) is 4. The summed E-state index contributed by atoms with van der Waals surface area (Å²) in [6, 6.07) is 10.6. The topological polar surface area (TPSA) is 71.9 Å². The van der Waals surface area contributed by atoms with Crippen LogP contribution in [-0.4, -0.2) is 4.98 Å². The number of halogens is 1. The summed E-state index contributed by atoms with van der Waals surface area (Å²) in [4.78, 5) is 4.00. The maximum Gasteiger partial charge on any atom is 0.237 e. The zero-order valence-corrected chi connectivity index (χ0v) is 10.3. The second kappa shape index (κ2) is 4.85. The Morgan fingerprint density at radius 3 is 2.88 bits per heavy atom. The lowest BCUT2D eigenvalue weighted by Crippen LogP contribution is -1.95. The quantitative estimate of drug-likeness (QED) is 0.863. The van der Waals surface area contributed by atoms with Gasteiger partial charge in [-0.15, -0.1) is 0 Å². The fraction of sp³-hybridized carbons (Fsp3) is 0. The lowest BCUT2D eigenvalue weighted by atomic mass is 10.3. The molecule has 0 atom stereocenters. The number of nitrogens with two attached hydrogens (primary N) is 1. The number of benzene rings is 1. The number of pyridine rings is 1. The Hall–Kier alpha value is -2.06. The fourth-order valence-corrected chi connectivity index (χ4v) is 1.65. The Morgan fingerprint density at radius 2 is 2.18 bits per heavy atom. The molecule has 2 aromatic rings. The van der Waals surface area contributed by atoms with Gasteiger partial charge in [0.1, 0.15) is 11.6 Å². The second-order valence-electron chi connectivity index (χ2n) is 3.25. The van der Waals surface area contributed by atoms with Crippen LogP contribution in [0.3, 0.4) is 0 Å². The Kier molecular flexibility index (Phi) is 3.26. The van der Waals surface area contributed by atoms with Gasteiger partial charge in [-0.3, -0.25) is 0 Å². The smallest absolute Gasteiger partial charge is 0.237 e. The third-order valence-corrected chi connectivity index (χ3v) is 2.56. The first kappa shape index (κ1) is 11.4. The molecule has 0 unspecified atom stereocenters. The van der Waals surface area contributed by atoms with Crippen molar-refractivity contribution in [1.29, 1.82) is 5.26 Å². The summed E-state index contributed by atoms with van der Waals surface area (Å²) in [5, 5.41) is 8.90. The summed E-state index contributed by atoms with van der Waals surface area (Å²) in [7, 11) is 0. The minimum absolute atomic E-state index is 0.254. The molecule has 4 nitrogen and oxygen atoms in total. The van der Waals surface area contributed by atoms with E-state index in [0.717, 1.165) is 4.47 Å². The van der Waals surface area contributed by atoms with Gasteiger partial charge in [-0.1, -0.05) is 15.9 Å². The molecule has 0 fully saturated rings. The van der Waals surface area contributed by atoms with Crippen LogP contribution in [0.4, 0.5) is 5.69 Å². The molecular formula is C12H8BrN3O. The van der Waals surface area contributed by atoms with E-state index in [9.17, 15) is 0 Å². The molecule has 1 heterocycles. The van der Waals surface area contributed by atoms with Crippen LogP contribution in [-0.2, 0) is 0 Å². The molecule has 0 amide bonds. The van der Waals surface area contributed by atoms with Crippen molar-refractivity contribution in [3.63, 3.8) is 0 Å². The number of nitrogens with zero attached hydrogens (tertiary/aromatic N) is 2. The number of nitrogen functional groups attached to an aromatic ring is 1. The van der Waals surface area contributed by atoms with Gasteiger partial charge in [0.05, 0.1) is 5.69 Å². The van der Waals surface area contributed by atoms with Crippen LogP contribution in [0.15, 0.2) is 41.0 Å². The normalized spacial score (nSPS) is 9.65. The number of nitriles is 1. The molecule has 0 aliphatic heterocycles. The average molecular weight is 290 g/mol. The Labute approximate surface area is 107 Å². The van der Waals surface area contributed by atoms with Crippen molar-refractivity contribution in [2.24, 2.45) is 0 Å². The summed E-state index contributed by atoms with van der Waals surface area (Å²) in [6.45, 7) is 0. The van der Waals surface area contributed by atoms with Crippen LogP contribution in [0, 0.1) is 11.3 Å². The van der Waals surface area contributed by atoms with Crippen LogP contribution in [0.25, 0.3) is 0 Å². The molecule has 1 aromatic heterocycles. The zero-order chi connectivity index (χ0) is 12.3. The van der Waals surface area contributed by atoms with Gasteiger partial charge >= 0.3 is 0 Å². The van der Waals surface area contributed by atoms with Crippen LogP contribution in [0.2, 0.25) is 0 Å². The van der Waals surface area contributed by atoms with Gasteiger partial charge in [0.2, 0.25) is 5.88 Å². The first-order valence-corrected chi connectivity index (χ1v) is 5.58. The first-order chi connectivity index (χ1) is 8.20. The molecule has 0 bridgehead atoms. The van der Waals surface area contributed by atoms with Gasteiger partial charge in [-0.25, -0.2) is 4.98 Å². The van der Waals surface area contributed by atoms with Crippen LogP contribution < -0.4 is 10.5 Å². The highest BCUT2D eigenvalue weighted by Gasteiger charge is 2.07. The summed E-state index contributed by atoms with van der Waals surface area (Å²) < 4.78 is 6.37. The summed E-state index contributed by atoms with van der Waals surface area (Å²) >= 11 is 3.31. The van der Waals surface area contributed by atoms with Crippen molar-refractivity contribution in [1.82, 2.24) is 4.98 Å². The highest BCUT2D eigenvalue weighted by atomic mass is 79.9. The monoisotopic (exact) mass is 289 g/mol. The van der Waals surface area contributed by atoms with Crippen molar-refractivity contribution in [3.8, 4) is 17.7 Å². The lowest BCUT2D eigenvalue weighted by molar-refractivity contribution is 0.463. The highest BCUT2D eigenvalue weighted by Crippen LogP contribution is 2.30. The minimum Gasteiger partial charge on any atom is -0.436 e. The summed E-state index contributed by atoms with van der Waals surface area (Å²) in [5.41, 5.74) is 6.65. The molecule has 0 aliphatic carbocycles. The van der Waals surface area contributed by atoms with E-state index in [-0.39, 0.29) is 5.88 Å². The van der Waals surface area contributed by atoms with E-state index in [1.165, 1.54) is 0 Å². The van der Waals surface area contributed by atoms with Crippen molar-refractivity contribution < 1.29 is 4.74 Å². The molecule has 0 aliphatic rings. The van der Waals surface area contributed by atoms with E-state index in [0.29, 0.717) is 17.0 Å². The van der Waals surface area contributed by atoms with Crippen molar-refractivity contribution in [3.05, 3.63) is 46.6 Å². The molecular weight excluding hydrogens is 282 g/mol. The van der Waals surface area contributed by atoms with Gasteiger partial charge in [0.15, 0.2) is 5.75 Å².